The molecule has 0 bridgehead atoms. The summed E-state index contributed by atoms with van der Waals surface area (Å²) in [4.78, 5) is 0. The second-order valence-electron chi connectivity index (χ2n) is 12.7. The van der Waals surface area contributed by atoms with Gasteiger partial charge in [0.1, 0.15) is 6.04 Å². The molecule has 6 heteroatoms. The Morgan fingerprint density at radius 3 is 1.92 bits per heavy atom. The number of hydroxylamine groups is 2. The zero-order chi connectivity index (χ0) is 27.3. The van der Waals surface area contributed by atoms with Gasteiger partial charge in [-0.25, -0.2) is 0 Å². The van der Waals surface area contributed by atoms with Gasteiger partial charge in [0, 0.05) is 19.6 Å². The molecule has 2 aromatic rings. The summed E-state index contributed by atoms with van der Waals surface area (Å²) in [5.74, 6) is 6.71. The van der Waals surface area contributed by atoms with E-state index in [2.05, 4.69) is 127 Å². The highest BCUT2D eigenvalue weighted by molar-refractivity contribution is 6.99. The van der Waals surface area contributed by atoms with Gasteiger partial charge in [-0.2, -0.15) is 5.06 Å². The van der Waals surface area contributed by atoms with Crippen LogP contribution in [0.3, 0.4) is 0 Å². The maximum absolute atomic E-state index is 10.9. The normalized spacial score (nSPS) is 19.8. The van der Waals surface area contributed by atoms with Crippen LogP contribution >= 0.6 is 0 Å². The first-order valence-corrected chi connectivity index (χ1v) is 18.5. The fraction of sp³-hybridized carbons (Fsp3) is 0.548. The van der Waals surface area contributed by atoms with Crippen molar-refractivity contribution in [1.29, 1.82) is 0 Å². The van der Waals surface area contributed by atoms with Gasteiger partial charge >= 0.3 is 0 Å². The van der Waals surface area contributed by atoms with Crippen molar-refractivity contribution in [3.63, 3.8) is 0 Å². The summed E-state index contributed by atoms with van der Waals surface area (Å²) in [5.41, 5.74) is 0. The predicted molar refractivity (Wildman–Crippen MR) is 160 cm³/mol. The van der Waals surface area contributed by atoms with Gasteiger partial charge < -0.3 is 14.1 Å². The van der Waals surface area contributed by atoms with Crippen molar-refractivity contribution in [3.05, 3.63) is 60.7 Å². The number of benzene rings is 2. The quantitative estimate of drug-likeness (QED) is 0.259. The van der Waals surface area contributed by atoms with E-state index in [0.717, 1.165) is 12.8 Å². The van der Waals surface area contributed by atoms with Crippen LogP contribution in [0.5, 0.6) is 0 Å². The van der Waals surface area contributed by atoms with E-state index in [1.165, 1.54) is 15.4 Å². The third kappa shape index (κ3) is 6.83. The van der Waals surface area contributed by atoms with Gasteiger partial charge in [-0.3, -0.25) is 0 Å². The third-order valence-corrected chi connectivity index (χ3v) is 17.6. The highest BCUT2D eigenvalue weighted by atomic mass is 28.4. The average Bonchev–Trinajstić information content (AvgIpc) is 2.83. The van der Waals surface area contributed by atoms with Crippen LogP contribution in [0.15, 0.2) is 60.7 Å². The molecule has 202 valence electrons. The number of hydrogen-bond donors (Lipinski definition) is 1. The summed E-state index contributed by atoms with van der Waals surface area (Å²) in [6.07, 6.45) is 2.23. The van der Waals surface area contributed by atoms with E-state index < -0.39 is 16.6 Å². The first-order chi connectivity index (χ1) is 17.3. The van der Waals surface area contributed by atoms with Crippen molar-refractivity contribution in [2.24, 2.45) is 0 Å². The van der Waals surface area contributed by atoms with Gasteiger partial charge in [0.25, 0.3) is 8.32 Å². The molecule has 0 aliphatic carbocycles. The lowest BCUT2D eigenvalue weighted by molar-refractivity contribution is -0.153. The second-order valence-corrected chi connectivity index (χ2v) is 21.8. The van der Waals surface area contributed by atoms with Crippen molar-refractivity contribution < 1.29 is 14.1 Å². The molecule has 4 nitrogen and oxygen atoms in total. The predicted octanol–water partition coefficient (Wildman–Crippen LogP) is 6.20. The maximum atomic E-state index is 10.9. The second kappa shape index (κ2) is 12.0. The Bertz CT molecular complexity index is 1010. The molecule has 1 N–H and O–H groups in total. The summed E-state index contributed by atoms with van der Waals surface area (Å²) in [5, 5.41) is 14.9. The van der Waals surface area contributed by atoms with E-state index >= 15 is 0 Å². The van der Waals surface area contributed by atoms with Gasteiger partial charge in [-0.15, -0.1) is 0 Å². The van der Waals surface area contributed by atoms with Crippen LogP contribution in [0.1, 0.15) is 60.8 Å². The first-order valence-electron chi connectivity index (χ1n) is 13.7. The molecular weight excluding hydrogens is 491 g/mol. The zero-order valence-corrected chi connectivity index (χ0v) is 26.2. The minimum absolute atomic E-state index is 0.123. The molecule has 2 aromatic carbocycles. The van der Waals surface area contributed by atoms with Crippen molar-refractivity contribution in [1.82, 2.24) is 5.06 Å². The molecule has 0 spiro atoms. The van der Waals surface area contributed by atoms with Gasteiger partial charge in [0.15, 0.2) is 8.32 Å². The molecule has 0 amide bonds. The Morgan fingerprint density at radius 2 is 1.43 bits per heavy atom. The third-order valence-electron chi connectivity index (χ3n) is 8.04. The lowest BCUT2D eigenvalue weighted by Gasteiger charge is -2.47. The van der Waals surface area contributed by atoms with E-state index in [1.54, 1.807) is 0 Å². The molecule has 2 atom stereocenters. The summed E-state index contributed by atoms with van der Waals surface area (Å²) >= 11 is 0. The molecule has 0 radical (unpaired) electrons. The number of nitrogens with zero attached hydrogens (tertiary/aromatic N) is 1. The minimum Gasteiger partial charge on any atom is -0.416 e. The van der Waals surface area contributed by atoms with E-state index in [-0.39, 0.29) is 22.2 Å². The summed E-state index contributed by atoms with van der Waals surface area (Å²) in [6, 6.07) is 21.0. The molecule has 1 saturated heterocycles. The Kier molecular flexibility index (Phi) is 9.66. The fourth-order valence-electron chi connectivity index (χ4n) is 4.90. The van der Waals surface area contributed by atoms with Gasteiger partial charge in [-0.1, -0.05) is 114 Å². The van der Waals surface area contributed by atoms with Crippen LogP contribution in [0.2, 0.25) is 23.2 Å². The Hall–Kier alpha value is -1.73. The smallest absolute Gasteiger partial charge is 0.261 e. The van der Waals surface area contributed by atoms with E-state index in [4.69, 9.17) is 8.85 Å². The number of rotatable bonds is 7. The standard InChI is InChI=1S/C31H47NO3Si2/c1-30(2,3)36(7,8)34-25-16-15-22-28-29(23-17-24-32(28)33)35-37(31(4,5)6,26-18-11-9-12-19-26)27-20-13-10-14-21-27/h9-14,18-21,28-29,33H,16-17,23-25H2,1-8H3/t28-,29+/m1/s1. The Balaban J connectivity index is 1.91. The molecule has 1 aliphatic heterocycles. The lowest BCUT2D eigenvalue weighted by atomic mass is 10.0. The molecule has 3 rings (SSSR count). The molecule has 37 heavy (non-hydrogen) atoms. The first kappa shape index (κ1) is 29.8. The Labute approximate surface area is 227 Å². The molecule has 0 aromatic heterocycles. The fourth-order valence-corrected chi connectivity index (χ4v) is 10.7. The van der Waals surface area contributed by atoms with E-state index in [9.17, 15) is 5.21 Å². The lowest BCUT2D eigenvalue weighted by Crippen LogP contribution is -2.69. The van der Waals surface area contributed by atoms with Gasteiger partial charge in [0.2, 0.25) is 0 Å². The van der Waals surface area contributed by atoms with Crippen LogP contribution in [0, 0.1) is 11.8 Å². The zero-order valence-electron chi connectivity index (χ0n) is 24.2. The van der Waals surface area contributed by atoms with Crippen LogP contribution in [-0.2, 0) is 8.85 Å². The van der Waals surface area contributed by atoms with Crippen molar-refractivity contribution in [2.45, 2.75) is 96.1 Å². The Morgan fingerprint density at radius 1 is 0.892 bits per heavy atom. The summed E-state index contributed by atoms with van der Waals surface area (Å²) in [7, 11) is -4.53. The largest absolute Gasteiger partial charge is 0.416 e. The van der Waals surface area contributed by atoms with E-state index in [1.807, 2.05) is 0 Å². The monoisotopic (exact) mass is 537 g/mol. The molecule has 1 heterocycles. The molecule has 1 aliphatic rings. The van der Waals surface area contributed by atoms with Gasteiger partial charge in [-0.05, 0) is 46.4 Å². The summed E-state index contributed by atoms with van der Waals surface area (Å²) < 4.78 is 13.7. The SMILES string of the molecule is CC(C)(C)[Si](C)(C)OCCC#C[C@@H]1[C@@H](O[Si](c2ccccc2)(c2ccccc2)C(C)(C)C)CCCN1O. The van der Waals surface area contributed by atoms with Crippen LogP contribution in [0.25, 0.3) is 0 Å². The van der Waals surface area contributed by atoms with Gasteiger partial charge in [0.05, 0.1) is 6.10 Å². The molecule has 0 unspecified atom stereocenters. The number of piperidine rings is 1. The molecule has 1 fully saturated rings. The average molecular weight is 538 g/mol. The molecular formula is C31H47NO3Si2. The highest BCUT2D eigenvalue weighted by Gasteiger charge is 2.52. The van der Waals surface area contributed by atoms with Crippen LogP contribution in [0.4, 0.5) is 0 Å². The topological polar surface area (TPSA) is 41.9 Å². The molecule has 0 saturated carbocycles. The van der Waals surface area contributed by atoms with Crippen molar-refractivity contribution in [3.8, 4) is 11.8 Å². The number of hydrogen-bond acceptors (Lipinski definition) is 4. The minimum atomic E-state index is -2.73. The van der Waals surface area contributed by atoms with E-state index in [0.29, 0.717) is 19.6 Å². The summed E-state index contributed by atoms with van der Waals surface area (Å²) in [6.45, 7) is 19.4. The van der Waals surface area contributed by atoms with Crippen molar-refractivity contribution >= 4 is 27.0 Å². The van der Waals surface area contributed by atoms with Crippen LogP contribution < -0.4 is 10.4 Å². The highest BCUT2D eigenvalue weighted by Crippen LogP contribution is 2.39. The maximum Gasteiger partial charge on any atom is 0.261 e. The van der Waals surface area contributed by atoms with Crippen LogP contribution in [-0.4, -0.2) is 52.2 Å². The van der Waals surface area contributed by atoms with Crippen molar-refractivity contribution in [2.75, 3.05) is 13.2 Å².